The summed E-state index contributed by atoms with van der Waals surface area (Å²) in [5.41, 5.74) is 1.51. The molecule has 0 atom stereocenters. The Morgan fingerprint density at radius 1 is 1.09 bits per heavy atom. The van der Waals surface area contributed by atoms with E-state index >= 15 is 0 Å². The van der Waals surface area contributed by atoms with Crippen molar-refractivity contribution in [2.45, 2.75) is 38.0 Å². The molecule has 0 spiro atoms. The molecule has 0 fully saturated rings. The van der Waals surface area contributed by atoms with Crippen LogP contribution in [0.4, 0.5) is 0 Å². The van der Waals surface area contributed by atoms with Gasteiger partial charge in [-0.15, -0.1) is 0 Å². The number of benzene rings is 2. The van der Waals surface area contributed by atoms with Gasteiger partial charge in [0.25, 0.3) is 0 Å². The molecule has 0 radical (unpaired) electrons. The quantitative estimate of drug-likeness (QED) is 0.568. The van der Waals surface area contributed by atoms with Crippen molar-refractivity contribution in [2.24, 2.45) is 0 Å². The molecule has 122 valence electrons. The fourth-order valence-corrected chi connectivity index (χ4v) is 3.07. The first-order valence-electron chi connectivity index (χ1n) is 7.57. The minimum atomic E-state index is -3.90. The summed E-state index contributed by atoms with van der Waals surface area (Å²) >= 11 is 0. The predicted molar refractivity (Wildman–Crippen MR) is 89.3 cm³/mol. The molecule has 0 saturated heterocycles. The number of ketones is 1. The highest BCUT2D eigenvalue weighted by atomic mass is 32.2. The molecule has 0 aromatic heterocycles. The Morgan fingerprint density at radius 3 is 2.39 bits per heavy atom. The average molecular weight is 332 g/mol. The zero-order valence-corrected chi connectivity index (χ0v) is 14.1. The number of rotatable bonds is 7. The molecule has 23 heavy (non-hydrogen) atoms. The van der Waals surface area contributed by atoms with Gasteiger partial charge in [0.05, 0.1) is 0 Å². The molecule has 5 heteroatoms. The van der Waals surface area contributed by atoms with Gasteiger partial charge in [-0.25, -0.2) is 0 Å². The third-order valence-corrected chi connectivity index (χ3v) is 4.74. The van der Waals surface area contributed by atoms with Crippen LogP contribution in [-0.2, 0) is 16.5 Å². The Kier molecular flexibility index (Phi) is 5.55. The maximum absolute atomic E-state index is 12.3. The molecular formula is C18H20O4S. The summed E-state index contributed by atoms with van der Waals surface area (Å²) in [5.74, 6) is -0.0131. The summed E-state index contributed by atoms with van der Waals surface area (Å²) in [6.45, 7) is 3.53. The van der Waals surface area contributed by atoms with Crippen molar-refractivity contribution in [3.63, 3.8) is 0 Å². The molecule has 0 aliphatic heterocycles. The number of carbonyl (C=O) groups is 1. The zero-order chi connectivity index (χ0) is 16.9. The van der Waals surface area contributed by atoms with E-state index in [1.165, 1.54) is 19.1 Å². The van der Waals surface area contributed by atoms with Gasteiger partial charge in [0, 0.05) is 5.56 Å². The molecule has 0 unspecified atom stereocenters. The largest absolute Gasteiger partial charge is 0.379 e. The first-order valence-corrected chi connectivity index (χ1v) is 8.97. The molecule has 4 nitrogen and oxygen atoms in total. The lowest BCUT2D eigenvalue weighted by molar-refractivity contribution is 0.101. The maximum atomic E-state index is 12.3. The summed E-state index contributed by atoms with van der Waals surface area (Å²) < 4.78 is 29.7. The topological polar surface area (TPSA) is 60.4 Å². The van der Waals surface area contributed by atoms with Crippen molar-refractivity contribution >= 4 is 15.9 Å². The smallest absolute Gasteiger partial charge is 0.339 e. The Hall–Kier alpha value is -2.14. The van der Waals surface area contributed by atoms with Crippen LogP contribution in [0, 0.1) is 0 Å². The number of hydrogen-bond donors (Lipinski definition) is 0. The van der Waals surface area contributed by atoms with Gasteiger partial charge in [-0.3, -0.25) is 4.79 Å². The van der Waals surface area contributed by atoms with E-state index < -0.39 is 10.1 Å². The first kappa shape index (κ1) is 17.2. The third-order valence-electron chi connectivity index (χ3n) is 3.48. The van der Waals surface area contributed by atoms with Crippen molar-refractivity contribution < 1.29 is 17.4 Å². The summed E-state index contributed by atoms with van der Waals surface area (Å²) in [6, 6.07) is 12.9. The minimum Gasteiger partial charge on any atom is -0.379 e. The summed E-state index contributed by atoms with van der Waals surface area (Å²) in [6.07, 6.45) is 3.09. The molecule has 2 aromatic rings. The average Bonchev–Trinajstić information content (AvgIpc) is 2.53. The second-order valence-corrected chi connectivity index (χ2v) is 6.92. The van der Waals surface area contributed by atoms with Crippen LogP contribution in [0.3, 0.4) is 0 Å². The van der Waals surface area contributed by atoms with Crippen LogP contribution in [0.15, 0.2) is 53.4 Å². The van der Waals surface area contributed by atoms with Gasteiger partial charge in [-0.1, -0.05) is 37.6 Å². The van der Waals surface area contributed by atoms with E-state index in [0.717, 1.165) is 24.8 Å². The molecule has 0 amide bonds. The molecule has 2 aromatic carbocycles. The molecule has 0 heterocycles. The Labute approximate surface area is 137 Å². The lowest BCUT2D eigenvalue weighted by Crippen LogP contribution is -2.10. The fraction of sp³-hybridized carbons (Fsp3) is 0.278. The van der Waals surface area contributed by atoms with Crippen LogP contribution in [0.5, 0.6) is 5.75 Å². The van der Waals surface area contributed by atoms with Crippen LogP contribution >= 0.6 is 0 Å². The number of Topliss-reactive ketones (excluding diaryl/α,β-unsaturated/α-hetero) is 1. The lowest BCUT2D eigenvalue weighted by atomic mass is 10.1. The molecule has 0 aliphatic rings. The number of carbonyl (C=O) groups excluding carboxylic acids is 1. The number of aryl methyl sites for hydroxylation is 1. The van der Waals surface area contributed by atoms with Gasteiger partial charge in [0.1, 0.15) is 10.6 Å². The zero-order valence-electron chi connectivity index (χ0n) is 13.3. The first-order chi connectivity index (χ1) is 10.9. The van der Waals surface area contributed by atoms with Gasteiger partial charge < -0.3 is 4.18 Å². The van der Waals surface area contributed by atoms with Gasteiger partial charge in [0.2, 0.25) is 0 Å². The van der Waals surface area contributed by atoms with Gasteiger partial charge in [-0.2, -0.15) is 8.42 Å². The highest BCUT2D eigenvalue weighted by Gasteiger charge is 2.17. The Balaban J connectivity index is 2.18. The lowest BCUT2D eigenvalue weighted by Gasteiger charge is -2.08. The van der Waals surface area contributed by atoms with Crippen LogP contribution < -0.4 is 4.18 Å². The Morgan fingerprint density at radius 2 is 1.78 bits per heavy atom. The molecular weight excluding hydrogens is 312 g/mol. The van der Waals surface area contributed by atoms with E-state index in [1.807, 2.05) is 0 Å². The maximum Gasteiger partial charge on any atom is 0.339 e. The normalized spacial score (nSPS) is 11.2. The third kappa shape index (κ3) is 4.66. The van der Waals surface area contributed by atoms with E-state index in [9.17, 15) is 13.2 Å². The van der Waals surface area contributed by atoms with E-state index in [4.69, 9.17) is 4.18 Å². The van der Waals surface area contributed by atoms with Crippen molar-refractivity contribution in [1.82, 2.24) is 0 Å². The summed E-state index contributed by atoms with van der Waals surface area (Å²) in [7, 11) is -3.90. The van der Waals surface area contributed by atoms with E-state index in [0.29, 0.717) is 5.56 Å². The minimum absolute atomic E-state index is 0.103. The van der Waals surface area contributed by atoms with Crippen LogP contribution in [0.25, 0.3) is 0 Å². The van der Waals surface area contributed by atoms with Gasteiger partial charge in [-0.05, 0) is 49.6 Å². The fourth-order valence-electron chi connectivity index (χ4n) is 2.15. The number of hydrogen-bond acceptors (Lipinski definition) is 4. The van der Waals surface area contributed by atoms with Crippen molar-refractivity contribution in [2.75, 3.05) is 0 Å². The van der Waals surface area contributed by atoms with Crippen LogP contribution in [0.2, 0.25) is 0 Å². The van der Waals surface area contributed by atoms with Gasteiger partial charge in [0.15, 0.2) is 5.78 Å². The SMILES string of the molecule is CCCCc1ccc(S(=O)(=O)Oc2cccc(C(C)=O)c2)cc1. The second kappa shape index (κ2) is 7.42. The summed E-state index contributed by atoms with van der Waals surface area (Å²) in [4.78, 5) is 11.5. The molecule has 2 rings (SSSR count). The highest BCUT2D eigenvalue weighted by Crippen LogP contribution is 2.21. The summed E-state index contributed by atoms with van der Waals surface area (Å²) in [5, 5.41) is 0. The number of unbranched alkanes of at least 4 members (excludes halogenated alkanes) is 1. The molecule has 0 bridgehead atoms. The van der Waals surface area contributed by atoms with Crippen LogP contribution in [-0.4, -0.2) is 14.2 Å². The second-order valence-electron chi connectivity index (χ2n) is 5.37. The highest BCUT2D eigenvalue weighted by molar-refractivity contribution is 7.87. The molecule has 0 saturated carbocycles. The standard InChI is InChI=1S/C18H20O4S/c1-3-4-6-15-9-11-18(12-10-15)23(20,21)22-17-8-5-7-16(13-17)14(2)19/h5,7-13H,3-4,6H2,1-2H3. The van der Waals surface area contributed by atoms with Crippen molar-refractivity contribution in [1.29, 1.82) is 0 Å². The predicted octanol–water partition coefficient (Wildman–Crippen LogP) is 4.00. The molecule has 0 N–H and O–H groups in total. The Bertz CT molecular complexity index is 777. The molecule has 0 aliphatic carbocycles. The van der Waals surface area contributed by atoms with Crippen LogP contribution in [0.1, 0.15) is 42.6 Å². The van der Waals surface area contributed by atoms with Gasteiger partial charge >= 0.3 is 10.1 Å². The monoisotopic (exact) mass is 332 g/mol. The van der Waals surface area contributed by atoms with E-state index in [1.54, 1.807) is 36.4 Å². The van der Waals surface area contributed by atoms with Crippen molar-refractivity contribution in [3.05, 3.63) is 59.7 Å². The van der Waals surface area contributed by atoms with Crippen molar-refractivity contribution in [3.8, 4) is 5.75 Å². The van der Waals surface area contributed by atoms with E-state index in [-0.39, 0.29) is 16.4 Å². The van der Waals surface area contributed by atoms with E-state index in [2.05, 4.69) is 6.92 Å².